The molecule has 1 aromatic carbocycles. The summed E-state index contributed by atoms with van der Waals surface area (Å²) in [5, 5.41) is 4.99. The summed E-state index contributed by atoms with van der Waals surface area (Å²) in [5.74, 6) is 0.0105. The van der Waals surface area contributed by atoms with Crippen LogP contribution in [0.15, 0.2) is 32.8 Å². The van der Waals surface area contributed by atoms with Crippen LogP contribution in [0.3, 0.4) is 0 Å². The van der Waals surface area contributed by atoms with E-state index in [1.54, 1.807) is 23.1 Å². The number of carbonyl (C=O) groups excluding carboxylic acids is 1. The highest BCUT2D eigenvalue weighted by molar-refractivity contribution is 8.01. The molecule has 0 fully saturated rings. The van der Waals surface area contributed by atoms with Crippen molar-refractivity contribution in [2.45, 2.75) is 48.9 Å². The number of benzene rings is 1. The largest absolute Gasteiger partial charge is 0.328 e. The van der Waals surface area contributed by atoms with Crippen LogP contribution in [0.25, 0.3) is 0 Å². The van der Waals surface area contributed by atoms with Crippen LogP contribution in [0, 0.1) is 13.8 Å². The van der Waals surface area contributed by atoms with Crippen molar-refractivity contribution in [3.05, 3.63) is 34.8 Å². The Morgan fingerprint density at radius 1 is 1.43 bits per heavy atom. The molecule has 1 unspecified atom stereocenters. The molecule has 126 valence electrons. The highest BCUT2D eigenvalue weighted by Gasteiger charge is 2.08. The van der Waals surface area contributed by atoms with Crippen LogP contribution in [0.1, 0.15) is 31.0 Å². The number of rotatable bonds is 6. The van der Waals surface area contributed by atoms with Gasteiger partial charge in [-0.1, -0.05) is 11.8 Å². The van der Waals surface area contributed by atoms with E-state index in [9.17, 15) is 4.79 Å². The van der Waals surface area contributed by atoms with Crippen LogP contribution in [-0.2, 0) is 4.79 Å². The van der Waals surface area contributed by atoms with Gasteiger partial charge in [0.15, 0.2) is 4.34 Å². The molecular weight excluding hydrogens is 350 g/mol. The van der Waals surface area contributed by atoms with Gasteiger partial charge in [0.25, 0.3) is 0 Å². The smallest absolute Gasteiger partial charge is 0.224 e. The molecule has 0 spiro atoms. The summed E-state index contributed by atoms with van der Waals surface area (Å²) >= 11 is 3.29. The molecule has 0 saturated carbocycles. The summed E-state index contributed by atoms with van der Waals surface area (Å²) in [6, 6.07) is 6.08. The predicted molar refractivity (Wildman–Crippen MR) is 101 cm³/mol. The van der Waals surface area contributed by atoms with E-state index >= 15 is 0 Å². The van der Waals surface area contributed by atoms with E-state index in [0.29, 0.717) is 12.8 Å². The van der Waals surface area contributed by atoms with E-state index in [1.165, 1.54) is 0 Å². The molecule has 1 heterocycles. The Kier molecular flexibility index (Phi) is 8.05. The monoisotopic (exact) mass is 371 g/mol. The van der Waals surface area contributed by atoms with E-state index < -0.39 is 0 Å². The fraction of sp³-hybridized carbons (Fsp3) is 0.375. The standard InChI is InChI=1S/C16H21N3OS2.ClH/c1-10-8-13(22-16-18-12(3)9-21-16)5-6-14(10)19-15(20)7-4-11(2)17;/h5-6,8-9,11H,4,7,17H2,1-3H3,(H,19,20);1H. The summed E-state index contributed by atoms with van der Waals surface area (Å²) in [6.07, 6.45) is 1.15. The summed E-state index contributed by atoms with van der Waals surface area (Å²) in [6.45, 7) is 5.90. The third kappa shape index (κ3) is 6.51. The van der Waals surface area contributed by atoms with Crippen molar-refractivity contribution in [2.24, 2.45) is 5.73 Å². The second-order valence-electron chi connectivity index (χ2n) is 5.40. The molecule has 4 nitrogen and oxygen atoms in total. The summed E-state index contributed by atoms with van der Waals surface area (Å²) in [4.78, 5) is 17.4. The van der Waals surface area contributed by atoms with Crippen molar-refractivity contribution in [3.63, 3.8) is 0 Å². The predicted octanol–water partition coefficient (Wildman–Crippen LogP) is 4.40. The number of hydrogen-bond acceptors (Lipinski definition) is 5. The molecular formula is C16H22ClN3OS2. The van der Waals surface area contributed by atoms with Crippen molar-refractivity contribution in [1.82, 2.24) is 4.98 Å². The second-order valence-corrected chi connectivity index (χ2v) is 7.58. The molecule has 0 radical (unpaired) electrons. The van der Waals surface area contributed by atoms with Crippen LogP contribution in [0.4, 0.5) is 5.69 Å². The fourth-order valence-electron chi connectivity index (χ4n) is 1.89. The van der Waals surface area contributed by atoms with E-state index in [2.05, 4.69) is 16.4 Å². The number of nitrogens with zero attached hydrogens (tertiary/aromatic N) is 1. The van der Waals surface area contributed by atoms with Gasteiger partial charge in [0, 0.05) is 34.1 Å². The molecule has 0 aliphatic heterocycles. The minimum atomic E-state index is 0. The maximum absolute atomic E-state index is 11.9. The lowest BCUT2D eigenvalue weighted by molar-refractivity contribution is -0.116. The number of amides is 1. The Morgan fingerprint density at radius 2 is 2.17 bits per heavy atom. The first-order chi connectivity index (χ1) is 10.4. The van der Waals surface area contributed by atoms with Gasteiger partial charge in [-0.05, 0) is 51.0 Å². The number of aryl methyl sites for hydroxylation is 2. The summed E-state index contributed by atoms with van der Waals surface area (Å²) in [5.41, 5.74) is 8.62. The molecule has 0 saturated heterocycles. The third-order valence-electron chi connectivity index (χ3n) is 3.10. The number of halogens is 1. The molecule has 3 N–H and O–H groups in total. The first-order valence-electron chi connectivity index (χ1n) is 7.20. The zero-order valence-electron chi connectivity index (χ0n) is 13.5. The average molecular weight is 372 g/mol. The van der Waals surface area contributed by atoms with Crippen molar-refractivity contribution in [1.29, 1.82) is 0 Å². The molecule has 0 aliphatic carbocycles. The van der Waals surface area contributed by atoms with Gasteiger partial charge in [-0.3, -0.25) is 4.79 Å². The van der Waals surface area contributed by atoms with Gasteiger partial charge in [0.1, 0.15) is 0 Å². The number of anilines is 1. The Balaban J connectivity index is 0.00000264. The maximum atomic E-state index is 11.9. The zero-order valence-corrected chi connectivity index (χ0v) is 15.9. The average Bonchev–Trinajstić information content (AvgIpc) is 2.85. The maximum Gasteiger partial charge on any atom is 0.224 e. The number of thiazole rings is 1. The lowest BCUT2D eigenvalue weighted by Crippen LogP contribution is -2.19. The minimum Gasteiger partial charge on any atom is -0.328 e. The molecule has 7 heteroatoms. The van der Waals surface area contributed by atoms with Gasteiger partial charge < -0.3 is 11.1 Å². The highest BCUT2D eigenvalue weighted by Crippen LogP contribution is 2.32. The highest BCUT2D eigenvalue weighted by atomic mass is 35.5. The van der Waals surface area contributed by atoms with Crippen LogP contribution in [0.2, 0.25) is 0 Å². The van der Waals surface area contributed by atoms with Crippen LogP contribution in [-0.4, -0.2) is 16.9 Å². The van der Waals surface area contributed by atoms with E-state index in [0.717, 1.165) is 26.2 Å². The van der Waals surface area contributed by atoms with Crippen LogP contribution in [0.5, 0.6) is 0 Å². The van der Waals surface area contributed by atoms with E-state index in [1.807, 2.05) is 38.3 Å². The molecule has 1 amide bonds. The number of hydrogen-bond donors (Lipinski definition) is 2. The number of nitrogens with two attached hydrogens (primary N) is 1. The molecule has 2 rings (SSSR count). The van der Waals surface area contributed by atoms with Gasteiger partial charge >= 0.3 is 0 Å². The molecule has 0 bridgehead atoms. The number of aromatic nitrogens is 1. The summed E-state index contributed by atoms with van der Waals surface area (Å²) < 4.78 is 1.03. The molecule has 23 heavy (non-hydrogen) atoms. The van der Waals surface area contributed by atoms with Gasteiger partial charge in [-0.15, -0.1) is 23.7 Å². The molecule has 1 atom stereocenters. The Hall–Kier alpha value is -1.08. The zero-order chi connectivity index (χ0) is 16.1. The van der Waals surface area contributed by atoms with Gasteiger partial charge in [0.2, 0.25) is 5.91 Å². The number of nitrogens with one attached hydrogen (secondary N) is 1. The van der Waals surface area contributed by atoms with E-state index in [4.69, 9.17) is 5.73 Å². The van der Waals surface area contributed by atoms with Crippen molar-refractivity contribution < 1.29 is 4.79 Å². The number of carbonyl (C=O) groups is 1. The Bertz CT molecular complexity index is 659. The first-order valence-corrected chi connectivity index (χ1v) is 8.89. The van der Waals surface area contributed by atoms with Crippen molar-refractivity contribution in [3.8, 4) is 0 Å². The normalized spacial score (nSPS) is 11.7. The van der Waals surface area contributed by atoms with Crippen LogP contribution >= 0.6 is 35.5 Å². The Labute approximate surface area is 151 Å². The van der Waals surface area contributed by atoms with E-state index in [-0.39, 0.29) is 24.4 Å². The van der Waals surface area contributed by atoms with Crippen molar-refractivity contribution in [2.75, 3.05) is 5.32 Å². The molecule has 0 aliphatic rings. The van der Waals surface area contributed by atoms with Crippen LogP contribution < -0.4 is 11.1 Å². The van der Waals surface area contributed by atoms with Crippen molar-refractivity contribution >= 4 is 47.1 Å². The molecule has 1 aromatic heterocycles. The SMILES string of the molecule is Cc1csc(Sc2ccc(NC(=O)CCC(C)N)c(C)c2)n1.Cl. The minimum absolute atomic E-state index is 0. The summed E-state index contributed by atoms with van der Waals surface area (Å²) in [7, 11) is 0. The quantitative estimate of drug-likeness (QED) is 0.789. The Morgan fingerprint density at radius 3 is 2.74 bits per heavy atom. The topological polar surface area (TPSA) is 68.0 Å². The lowest BCUT2D eigenvalue weighted by Gasteiger charge is -2.10. The first kappa shape index (κ1) is 20.0. The molecule has 2 aromatic rings. The van der Waals surface area contributed by atoms with Gasteiger partial charge in [-0.25, -0.2) is 4.98 Å². The van der Waals surface area contributed by atoms with Gasteiger partial charge in [0.05, 0.1) is 0 Å². The lowest BCUT2D eigenvalue weighted by atomic mass is 10.1. The third-order valence-corrected chi connectivity index (χ3v) is 5.15. The second kappa shape index (κ2) is 9.27. The fourth-order valence-corrected chi connectivity index (χ4v) is 3.80. The van der Waals surface area contributed by atoms with Gasteiger partial charge in [-0.2, -0.15) is 0 Å².